The van der Waals surface area contributed by atoms with Crippen molar-refractivity contribution in [1.29, 1.82) is 0 Å². The molecule has 0 spiro atoms. The summed E-state index contributed by atoms with van der Waals surface area (Å²) in [5, 5.41) is -0.536. The van der Waals surface area contributed by atoms with Gasteiger partial charge in [0.15, 0.2) is 11.1 Å². The molecular formula is C6H9ClO2S. The van der Waals surface area contributed by atoms with E-state index in [1.807, 2.05) is 6.08 Å². The number of halogens is 1. The Balaban J connectivity index is 2.60. The highest BCUT2D eigenvalue weighted by Gasteiger charge is 2.24. The quantitative estimate of drug-likeness (QED) is 0.378. The monoisotopic (exact) mass is 180 g/mol. The summed E-state index contributed by atoms with van der Waals surface area (Å²) in [6.07, 6.45) is 5.30. The summed E-state index contributed by atoms with van der Waals surface area (Å²) >= 11 is 3.97. The van der Waals surface area contributed by atoms with Crippen molar-refractivity contribution in [2.45, 2.75) is 23.5 Å². The van der Waals surface area contributed by atoms with Gasteiger partial charge in [-0.05, 0) is 12.8 Å². The zero-order valence-corrected chi connectivity index (χ0v) is 6.94. The van der Waals surface area contributed by atoms with Gasteiger partial charge < -0.3 is 4.55 Å². The highest BCUT2D eigenvalue weighted by atomic mass is 35.5. The van der Waals surface area contributed by atoms with Crippen LogP contribution in [0.3, 0.4) is 0 Å². The van der Waals surface area contributed by atoms with E-state index in [1.165, 1.54) is 0 Å². The largest absolute Gasteiger partial charge is 0.306 e. The highest BCUT2D eigenvalue weighted by molar-refractivity contribution is 7.80. The number of rotatable bonds is 1. The summed E-state index contributed by atoms with van der Waals surface area (Å²) in [6, 6.07) is 0. The lowest BCUT2D eigenvalue weighted by Gasteiger charge is -2.18. The number of alkyl halides is 1. The van der Waals surface area contributed by atoms with Gasteiger partial charge in [0.05, 0.1) is 10.6 Å². The summed E-state index contributed by atoms with van der Waals surface area (Å²) in [6.45, 7) is 0. The standard InChI is InChI=1S/C6H9ClO2S/c7-5-3-1-2-4-6(5)10(8)9/h1,3,5-6H,2,4H2,(H,8,9). The molecule has 1 N–H and O–H groups in total. The molecular weight excluding hydrogens is 172 g/mol. The Labute approximate surface area is 67.5 Å². The predicted octanol–water partition coefficient (Wildman–Crippen LogP) is 1.53. The summed E-state index contributed by atoms with van der Waals surface area (Å²) in [5.74, 6) is 0. The van der Waals surface area contributed by atoms with E-state index < -0.39 is 11.1 Å². The van der Waals surface area contributed by atoms with Crippen LogP contribution in [-0.4, -0.2) is 19.4 Å². The van der Waals surface area contributed by atoms with Gasteiger partial charge in [-0.15, -0.1) is 11.6 Å². The molecule has 0 aromatic carbocycles. The Morgan fingerprint density at radius 1 is 1.70 bits per heavy atom. The Kier molecular flexibility index (Phi) is 2.89. The molecule has 0 bridgehead atoms. The third kappa shape index (κ3) is 1.81. The molecule has 3 unspecified atom stereocenters. The maximum Gasteiger partial charge on any atom is 0.157 e. The summed E-state index contributed by atoms with van der Waals surface area (Å²) in [7, 11) is 0. The van der Waals surface area contributed by atoms with Crippen LogP contribution in [0.15, 0.2) is 12.2 Å². The van der Waals surface area contributed by atoms with Crippen LogP contribution >= 0.6 is 11.6 Å². The first-order valence-corrected chi connectivity index (χ1v) is 4.73. The van der Waals surface area contributed by atoms with Crippen LogP contribution < -0.4 is 0 Å². The molecule has 0 aromatic rings. The first-order chi connectivity index (χ1) is 4.72. The minimum absolute atomic E-state index is 0.264. The van der Waals surface area contributed by atoms with Gasteiger partial charge in [-0.2, -0.15) is 0 Å². The average Bonchev–Trinajstić information content (AvgIpc) is 1.88. The molecule has 1 rings (SSSR count). The maximum absolute atomic E-state index is 10.6. The third-order valence-corrected chi connectivity index (χ3v) is 3.20. The van der Waals surface area contributed by atoms with Crippen molar-refractivity contribution in [2.24, 2.45) is 0 Å². The Morgan fingerprint density at radius 3 is 2.80 bits per heavy atom. The maximum atomic E-state index is 10.6. The second-order valence-electron chi connectivity index (χ2n) is 2.26. The summed E-state index contributed by atoms with van der Waals surface area (Å²) in [4.78, 5) is 0. The second-order valence-corrected chi connectivity index (χ2v) is 3.93. The fraction of sp³-hybridized carbons (Fsp3) is 0.667. The van der Waals surface area contributed by atoms with Crippen LogP contribution in [0.25, 0.3) is 0 Å². The molecule has 0 aromatic heterocycles. The van der Waals surface area contributed by atoms with E-state index in [0.29, 0.717) is 6.42 Å². The lowest BCUT2D eigenvalue weighted by atomic mass is 10.1. The molecule has 4 heteroatoms. The fourth-order valence-electron chi connectivity index (χ4n) is 0.982. The van der Waals surface area contributed by atoms with E-state index in [9.17, 15) is 4.21 Å². The Hall–Kier alpha value is 0.140. The number of hydrogen-bond acceptors (Lipinski definition) is 1. The SMILES string of the molecule is O=S(O)C1CCC=CC1Cl. The van der Waals surface area contributed by atoms with E-state index in [-0.39, 0.29) is 10.6 Å². The van der Waals surface area contributed by atoms with E-state index in [2.05, 4.69) is 0 Å². The lowest BCUT2D eigenvalue weighted by molar-refractivity contribution is 0.538. The number of allylic oxidation sites excluding steroid dienone is 2. The molecule has 0 fully saturated rings. The minimum atomic E-state index is -1.77. The highest BCUT2D eigenvalue weighted by Crippen LogP contribution is 2.20. The van der Waals surface area contributed by atoms with Gasteiger partial charge >= 0.3 is 0 Å². The van der Waals surface area contributed by atoms with Crippen molar-refractivity contribution in [3.8, 4) is 0 Å². The fourth-order valence-corrected chi connectivity index (χ4v) is 2.13. The van der Waals surface area contributed by atoms with Crippen molar-refractivity contribution in [3.63, 3.8) is 0 Å². The van der Waals surface area contributed by atoms with E-state index >= 15 is 0 Å². The summed E-state index contributed by atoms with van der Waals surface area (Å²) in [5.41, 5.74) is 0. The van der Waals surface area contributed by atoms with Crippen LogP contribution in [-0.2, 0) is 11.1 Å². The van der Waals surface area contributed by atoms with Gasteiger partial charge in [-0.1, -0.05) is 12.2 Å². The van der Waals surface area contributed by atoms with Gasteiger partial charge in [0, 0.05) is 0 Å². The van der Waals surface area contributed by atoms with Crippen LogP contribution in [0.1, 0.15) is 12.8 Å². The lowest BCUT2D eigenvalue weighted by Crippen LogP contribution is -2.26. The van der Waals surface area contributed by atoms with Crippen LogP contribution in [0.5, 0.6) is 0 Å². The van der Waals surface area contributed by atoms with Crippen molar-refractivity contribution in [2.75, 3.05) is 0 Å². The van der Waals surface area contributed by atoms with Crippen molar-refractivity contribution in [1.82, 2.24) is 0 Å². The van der Waals surface area contributed by atoms with Gasteiger partial charge in [-0.25, -0.2) is 4.21 Å². The molecule has 0 saturated carbocycles. The van der Waals surface area contributed by atoms with Gasteiger partial charge in [0.1, 0.15) is 0 Å². The van der Waals surface area contributed by atoms with Crippen molar-refractivity contribution >= 4 is 22.7 Å². The molecule has 1 aliphatic rings. The zero-order valence-electron chi connectivity index (χ0n) is 5.37. The molecule has 58 valence electrons. The minimum Gasteiger partial charge on any atom is -0.306 e. The van der Waals surface area contributed by atoms with Gasteiger partial charge in [0.2, 0.25) is 0 Å². The first-order valence-electron chi connectivity index (χ1n) is 3.12. The molecule has 0 radical (unpaired) electrons. The third-order valence-electron chi connectivity index (χ3n) is 1.55. The number of hydrogen-bond donors (Lipinski definition) is 1. The predicted molar refractivity (Wildman–Crippen MR) is 42.6 cm³/mol. The van der Waals surface area contributed by atoms with Crippen molar-refractivity contribution in [3.05, 3.63) is 12.2 Å². The van der Waals surface area contributed by atoms with Crippen LogP contribution in [0, 0.1) is 0 Å². The first kappa shape index (κ1) is 8.24. The van der Waals surface area contributed by atoms with Crippen molar-refractivity contribution < 1.29 is 8.76 Å². The molecule has 0 aliphatic heterocycles. The molecule has 3 atom stereocenters. The van der Waals surface area contributed by atoms with Crippen LogP contribution in [0.4, 0.5) is 0 Å². The second kappa shape index (κ2) is 3.51. The van der Waals surface area contributed by atoms with E-state index in [1.54, 1.807) is 6.08 Å². The van der Waals surface area contributed by atoms with E-state index in [0.717, 1.165) is 6.42 Å². The average molecular weight is 181 g/mol. The normalized spacial score (nSPS) is 35.8. The summed E-state index contributed by atoms with van der Waals surface area (Å²) < 4.78 is 19.3. The Bertz CT molecular complexity index is 169. The molecule has 10 heavy (non-hydrogen) atoms. The van der Waals surface area contributed by atoms with Gasteiger partial charge in [-0.3, -0.25) is 0 Å². The molecule has 0 heterocycles. The molecule has 0 amide bonds. The smallest absolute Gasteiger partial charge is 0.157 e. The molecule has 0 saturated heterocycles. The molecule has 2 nitrogen and oxygen atoms in total. The zero-order chi connectivity index (χ0) is 7.56. The van der Waals surface area contributed by atoms with Crippen LogP contribution in [0.2, 0.25) is 0 Å². The Morgan fingerprint density at radius 2 is 2.40 bits per heavy atom. The van der Waals surface area contributed by atoms with Gasteiger partial charge in [0.25, 0.3) is 0 Å². The van der Waals surface area contributed by atoms with E-state index in [4.69, 9.17) is 16.2 Å². The molecule has 1 aliphatic carbocycles. The topological polar surface area (TPSA) is 37.3 Å².